The Kier molecular flexibility index (Phi) is 4.00. The van der Waals surface area contributed by atoms with Gasteiger partial charge in [-0.25, -0.2) is 0 Å². The highest BCUT2D eigenvalue weighted by Gasteiger charge is 2.46. The maximum Gasteiger partial charge on any atom is 0.115 e. The molecular formula is C17H25NO. The van der Waals surface area contributed by atoms with E-state index in [4.69, 9.17) is 0 Å². The summed E-state index contributed by atoms with van der Waals surface area (Å²) in [5.74, 6) is 0.236. The van der Waals surface area contributed by atoms with Crippen LogP contribution >= 0.6 is 0 Å². The molecule has 0 aromatic heterocycles. The van der Waals surface area contributed by atoms with Gasteiger partial charge in [0.15, 0.2) is 0 Å². The molecule has 0 amide bonds. The minimum Gasteiger partial charge on any atom is -0.508 e. The summed E-state index contributed by atoms with van der Waals surface area (Å²) in [6.45, 7) is 12.8. The van der Waals surface area contributed by atoms with E-state index in [2.05, 4.69) is 47.6 Å². The van der Waals surface area contributed by atoms with Crippen molar-refractivity contribution in [3.8, 4) is 11.8 Å². The van der Waals surface area contributed by atoms with Crippen molar-refractivity contribution in [2.24, 2.45) is 10.8 Å². The average Bonchev–Trinajstić information content (AvgIpc) is 2.24. The van der Waals surface area contributed by atoms with Crippen molar-refractivity contribution in [2.75, 3.05) is 0 Å². The molecule has 1 rings (SSSR count). The van der Waals surface area contributed by atoms with Gasteiger partial charge in [0.25, 0.3) is 0 Å². The van der Waals surface area contributed by atoms with Crippen LogP contribution < -0.4 is 0 Å². The first-order valence-electron chi connectivity index (χ1n) is 6.73. The van der Waals surface area contributed by atoms with Crippen molar-refractivity contribution in [3.63, 3.8) is 0 Å². The van der Waals surface area contributed by atoms with Gasteiger partial charge in [-0.1, -0.05) is 53.7 Å². The number of nitrogens with zero attached hydrogens (tertiary/aromatic N) is 1. The van der Waals surface area contributed by atoms with Crippen LogP contribution in [0.2, 0.25) is 0 Å². The molecule has 2 heteroatoms. The second-order valence-electron chi connectivity index (χ2n) is 7.55. The van der Waals surface area contributed by atoms with Crippen LogP contribution in [-0.2, 0) is 5.41 Å². The molecule has 0 radical (unpaired) electrons. The molecule has 1 aromatic rings. The lowest BCUT2D eigenvalue weighted by Crippen LogP contribution is -2.42. The van der Waals surface area contributed by atoms with Crippen LogP contribution in [0.15, 0.2) is 24.3 Å². The van der Waals surface area contributed by atoms with Gasteiger partial charge >= 0.3 is 0 Å². The summed E-state index contributed by atoms with van der Waals surface area (Å²) in [5, 5.41) is 19.3. The van der Waals surface area contributed by atoms with Crippen molar-refractivity contribution < 1.29 is 5.11 Å². The molecule has 0 spiro atoms. The van der Waals surface area contributed by atoms with Gasteiger partial charge in [0.2, 0.25) is 0 Å². The van der Waals surface area contributed by atoms with Crippen LogP contribution in [0.25, 0.3) is 0 Å². The maximum atomic E-state index is 9.89. The molecule has 104 valence electrons. The third-order valence-corrected chi connectivity index (χ3v) is 3.63. The zero-order valence-electron chi connectivity index (χ0n) is 12.9. The Morgan fingerprint density at radius 1 is 1.00 bits per heavy atom. The Labute approximate surface area is 117 Å². The molecule has 0 heterocycles. The fourth-order valence-corrected chi connectivity index (χ4v) is 2.61. The summed E-state index contributed by atoms with van der Waals surface area (Å²) >= 11 is 0. The van der Waals surface area contributed by atoms with E-state index in [0.29, 0.717) is 0 Å². The first-order chi connectivity index (χ1) is 8.52. The summed E-state index contributed by atoms with van der Waals surface area (Å²) in [4.78, 5) is 0. The number of rotatable bonds is 2. The first-order valence-corrected chi connectivity index (χ1v) is 6.73. The summed E-state index contributed by atoms with van der Waals surface area (Å²) < 4.78 is 0. The summed E-state index contributed by atoms with van der Waals surface area (Å²) in [7, 11) is 0. The van der Waals surface area contributed by atoms with Crippen molar-refractivity contribution in [3.05, 3.63) is 29.8 Å². The molecule has 0 fully saturated rings. The molecule has 0 aliphatic carbocycles. The van der Waals surface area contributed by atoms with Crippen LogP contribution in [0.4, 0.5) is 0 Å². The Morgan fingerprint density at radius 2 is 1.47 bits per heavy atom. The lowest BCUT2D eigenvalue weighted by atomic mass is 9.58. The van der Waals surface area contributed by atoms with E-state index in [1.54, 1.807) is 12.1 Å². The van der Waals surface area contributed by atoms with E-state index < -0.39 is 5.41 Å². The monoisotopic (exact) mass is 259 g/mol. The zero-order chi connectivity index (χ0) is 14.9. The Morgan fingerprint density at radius 3 is 1.79 bits per heavy atom. The topological polar surface area (TPSA) is 44.0 Å². The van der Waals surface area contributed by atoms with Crippen molar-refractivity contribution >= 4 is 0 Å². The second-order valence-corrected chi connectivity index (χ2v) is 7.55. The normalized spacial score (nSPS) is 15.6. The molecule has 1 N–H and O–H groups in total. The smallest absolute Gasteiger partial charge is 0.115 e. The third-order valence-electron chi connectivity index (χ3n) is 3.63. The maximum absolute atomic E-state index is 9.89. The molecule has 2 nitrogen and oxygen atoms in total. The Hall–Kier alpha value is -1.49. The van der Waals surface area contributed by atoms with E-state index in [-0.39, 0.29) is 16.6 Å². The molecule has 1 aromatic carbocycles. The van der Waals surface area contributed by atoms with E-state index in [9.17, 15) is 10.4 Å². The van der Waals surface area contributed by atoms with Gasteiger partial charge in [0.1, 0.15) is 5.75 Å². The van der Waals surface area contributed by atoms with E-state index in [1.807, 2.05) is 12.1 Å². The van der Waals surface area contributed by atoms with Crippen LogP contribution in [-0.4, -0.2) is 5.11 Å². The molecule has 19 heavy (non-hydrogen) atoms. The predicted molar refractivity (Wildman–Crippen MR) is 78.9 cm³/mol. The SMILES string of the molecule is CC(C)(C)CC(C#N)(c1ccc(O)cc1)C(C)(C)C. The highest BCUT2D eigenvalue weighted by atomic mass is 16.3. The Bertz CT molecular complexity index is 468. The van der Waals surface area contributed by atoms with Gasteiger partial charge in [-0.3, -0.25) is 0 Å². The van der Waals surface area contributed by atoms with Crippen molar-refractivity contribution in [1.82, 2.24) is 0 Å². The van der Waals surface area contributed by atoms with Gasteiger partial charge in [0.05, 0.1) is 11.5 Å². The quantitative estimate of drug-likeness (QED) is 0.841. The van der Waals surface area contributed by atoms with Crippen LogP contribution in [0.1, 0.15) is 53.5 Å². The second kappa shape index (κ2) is 4.89. The molecule has 0 aliphatic heterocycles. The molecule has 0 saturated heterocycles. The number of phenolic OH excluding ortho intramolecular Hbond substituents is 1. The van der Waals surface area contributed by atoms with Crippen LogP contribution in [0.5, 0.6) is 5.75 Å². The van der Waals surface area contributed by atoms with Crippen molar-refractivity contribution in [2.45, 2.75) is 53.4 Å². The van der Waals surface area contributed by atoms with Crippen LogP contribution in [0.3, 0.4) is 0 Å². The molecule has 0 bridgehead atoms. The predicted octanol–water partition coefficient (Wildman–Crippen LogP) is 4.64. The van der Waals surface area contributed by atoms with Gasteiger partial charge in [-0.05, 0) is 34.9 Å². The first kappa shape index (κ1) is 15.6. The summed E-state index contributed by atoms with van der Waals surface area (Å²) in [6.07, 6.45) is 0.783. The zero-order valence-corrected chi connectivity index (χ0v) is 12.9. The lowest BCUT2D eigenvalue weighted by Gasteiger charge is -2.43. The number of hydrogen-bond donors (Lipinski definition) is 1. The van der Waals surface area contributed by atoms with Gasteiger partial charge < -0.3 is 5.11 Å². The molecular weight excluding hydrogens is 234 g/mol. The minimum atomic E-state index is -0.557. The number of phenols is 1. The lowest BCUT2D eigenvalue weighted by molar-refractivity contribution is 0.168. The van der Waals surface area contributed by atoms with E-state index >= 15 is 0 Å². The minimum absolute atomic E-state index is 0.0564. The molecule has 0 saturated carbocycles. The van der Waals surface area contributed by atoms with E-state index in [1.165, 1.54) is 0 Å². The van der Waals surface area contributed by atoms with Gasteiger partial charge in [0, 0.05) is 0 Å². The summed E-state index contributed by atoms with van der Waals surface area (Å²) in [5.41, 5.74) is 0.307. The molecule has 0 aliphatic rings. The summed E-state index contributed by atoms with van der Waals surface area (Å²) in [6, 6.07) is 9.63. The van der Waals surface area contributed by atoms with Crippen molar-refractivity contribution in [1.29, 1.82) is 5.26 Å². The van der Waals surface area contributed by atoms with Gasteiger partial charge in [-0.2, -0.15) is 5.26 Å². The Balaban J connectivity index is 3.42. The van der Waals surface area contributed by atoms with Gasteiger partial charge in [-0.15, -0.1) is 0 Å². The average molecular weight is 259 g/mol. The fourth-order valence-electron chi connectivity index (χ4n) is 2.61. The fraction of sp³-hybridized carbons (Fsp3) is 0.588. The highest BCUT2D eigenvalue weighted by Crippen LogP contribution is 2.48. The number of hydrogen-bond acceptors (Lipinski definition) is 2. The molecule has 1 atom stereocenters. The highest BCUT2D eigenvalue weighted by molar-refractivity contribution is 5.38. The number of benzene rings is 1. The van der Waals surface area contributed by atoms with Crippen LogP contribution in [0, 0.1) is 22.2 Å². The molecule has 1 unspecified atom stereocenters. The van der Waals surface area contributed by atoms with E-state index in [0.717, 1.165) is 12.0 Å². The largest absolute Gasteiger partial charge is 0.508 e. The third kappa shape index (κ3) is 3.29. The standard InChI is InChI=1S/C17H25NO/c1-15(2,3)11-17(12-18,16(4,5)6)13-7-9-14(19)10-8-13/h7-10,19H,11H2,1-6H3. The number of nitriles is 1. The number of aromatic hydroxyl groups is 1.